The van der Waals surface area contributed by atoms with Crippen molar-refractivity contribution < 1.29 is 34.5 Å². The number of aliphatic hydroxyl groups is 1. The minimum atomic E-state index is -1.37. The number of carbonyl (C=O) groups excluding carboxylic acids is 4. The molecule has 0 spiro atoms. The van der Waals surface area contributed by atoms with E-state index < -0.39 is 53.9 Å². The summed E-state index contributed by atoms with van der Waals surface area (Å²) >= 11 is 0. The maximum Gasteiger partial charge on any atom is 0.243 e. The van der Waals surface area contributed by atoms with Crippen LogP contribution in [0.1, 0.15) is 43.2 Å². The second-order valence-electron chi connectivity index (χ2n) is 12.4. The summed E-state index contributed by atoms with van der Waals surface area (Å²) in [4.78, 5) is 54.0. The number of phenols is 2. The van der Waals surface area contributed by atoms with E-state index in [0.717, 1.165) is 0 Å². The molecule has 0 radical (unpaired) electrons. The summed E-state index contributed by atoms with van der Waals surface area (Å²) in [6.45, 7) is 0.648. The van der Waals surface area contributed by atoms with Gasteiger partial charge in [0.15, 0.2) is 0 Å². The number of nitrogens with one attached hydrogen (secondary N) is 4. The normalized spacial score (nSPS) is 20.1. The molecule has 270 valence electrons. The van der Waals surface area contributed by atoms with Crippen LogP contribution < -0.4 is 49.9 Å². The van der Waals surface area contributed by atoms with Crippen LogP contribution in [-0.4, -0.2) is 101 Å². The van der Waals surface area contributed by atoms with Gasteiger partial charge in [0, 0.05) is 38.4 Å². The number of rotatable bonds is 14. The lowest BCUT2D eigenvalue weighted by Gasteiger charge is -2.27. The fraction of sp³-hybridized carbons (Fsp3) is 0.515. The molecular weight excluding hydrogens is 634 g/mol. The second-order valence-corrected chi connectivity index (χ2v) is 12.4. The first kappa shape index (κ1) is 39.1. The van der Waals surface area contributed by atoms with Crippen molar-refractivity contribution in [1.29, 1.82) is 0 Å². The van der Waals surface area contributed by atoms with Crippen molar-refractivity contribution in [2.45, 2.75) is 81.3 Å². The van der Waals surface area contributed by atoms with E-state index in [-0.39, 0.29) is 68.4 Å². The third kappa shape index (κ3) is 11.7. The Morgan fingerprint density at radius 2 is 1.47 bits per heavy atom. The summed E-state index contributed by atoms with van der Waals surface area (Å²) in [5.74, 6) is -3.08. The molecule has 0 saturated carbocycles. The van der Waals surface area contributed by atoms with Crippen molar-refractivity contribution in [3.63, 3.8) is 0 Å². The average molecular weight is 686 g/mol. The highest BCUT2D eigenvalue weighted by molar-refractivity contribution is 5.95. The number of aromatic hydroxyl groups is 2. The summed E-state index contributed by atoms with van der Waals surface area (Å²) in [5.41, 5.74) is 31.0. The van der Waals surface area contributed by atoms with Gasteiger partial charge >= 0.3 is 0 Å². The van der Waals surface area contributed by atoms with E-state index >= 15 is 0 Å². The number of nitrogens with two attached hydrogens (primary N) is 5. The van der Waals surface area contributed by atoms with Crippen LogP contribution >= 0.6 is 0 Å². The Balaban J connectivity index is 2.01. The summed E-state index contributed by atoms with van der Waals surface area (Å²) in [6, 6.07) is 4.17. The van der Waals surface area contributed by atoms with Crippen molar-refractivity contribution in [2.75, 3.05) is 26.2 Å². The molecule has 0 unspecified atom stereocenters. The highest BCUT2D eigenvalue weighted by Crippen LogP contribution is 2.31. The number of carbonyl (C=O) groups is 4. The number of aliphatic hydroxyl groups excluding tert-OH is 1. The topological polar surface area (TPSA) is 307 Å². The van der Waals surface area contributed by atoms with Gasteiger partial charge in [0.2, 0.25) is 23.6 Å². The molecule has 6 atom stereocenters. The third-order valence-corrected chi connectivity index (χ3v) is 8.39. The SMILES string of the molecule is NCCC[C@H](N)CNC(=O)[C@H](CCCN)NC(=O)[C@@H]1Cc2cc(ccc2O)-c2ccc(O)c(c2)C[C@H](N)C(=O)N[C@@H](C[C@@H](O)CN)C(=O)N1. The number of phenolic OH excluding ortho intramolecular Hbond substituents is 2. The lowest BCUT2D eigenvalue weighted by molar-refractivity contribution is -0.134. The minimum absolute atomic E-state index is 0.0839. The van der Waals surface area contributed by atoms with Crippen LogP contribution in [-0.2, 0) is 32.0 Å². The Hall–Kier alpha value is -4.32. The summed E-state index contributed by atoms with van der Waals surface area (Å²) < 4.78 is 0. The number of amides is 4. The molecule has 17 N–H and O–H groups in total. The molecule has 16 heteroatoms. The molecule has 0 saturated heterocycles. The zero-order valence-corrected chi connectivity index (χ0v) is 27.6. The van der Waals surface area contributed by atoms with Gasteiger partial charge in [-0.3, -0.25) is 19.2 Å². The van der Waals surface area contributed by atoms with Crippen molar-refractivity contribution in [2.24, 2.45) is 28.7 Å². The van der Waals surface area contributed by atoms with Crippen LogP contribution in [0.4, 0.5) is 0 Å². The van der Waals surface area contributed by atoms with Crippen LogP contribution in [0.5, 0.6) is 11.5 Å². The van der Waals surface area contributed by atoms with E-state index in [0.29, 0.717) is 42.5 Å². The zero-order valence-electron chi connectivity index (χ0n) is 27.6. The molecule has 0 aliphatic carbocycles. The molecule has 1 aliphatic heterocycles. The monoisotopic (exact) mass is 685 g/mol. The summed E-state index contributed by atoms with van der Waals surface area (Å²) in [5, 5.41) is 42.3. The van der Waals surface area contributed by atoms with Crippen LogP contribution in [0.2, 0.25) is 0 Å². The van der Waals surface area contributed by atoms with Crippen LogP contribution in [0.15, 0.2) is 36.4 Å². The average Bonchev–Trinajstić information content (AvgIpc) is 3.08. The summed E-state index contributed by atoms with van der Waals surface area (Å²) in [7, 11) is 0. The molecule has 4 amide bonds. The Morgan fingerprint density at radius 1 is 0.878 bits per heavy atom. The standard InChI is InChI=1S/C33H51N9O7/c34-9-1-3-22(37)17-39-31(47)25(4-2-10-35)40-32(48)26-14-21-12-19(6-8-29(21)45)18-5-7-28(44)20(11-18)13-24(38)30(46)41-27(33(49)42-26)15-23(43)16-36/h5-8,11-12,22-27,43-45H,1-4,9-10,13-17,34-38H2,(H,39,47)(H,40,48)(H,41,46)(H,42,49)/t22-,23+,24-,25-,26-,27-/m0/s1. The first-order chi connectivity index (χ1) is 23.4. The number of hydrogen-bond donors (Lipinski definition) is 12. The molecular formula is C33H51N9O7. The Bertz CT molecular complexity index is 1440. The first-order valence-electron chi connectivity index (χ1n) is 16.5. The van der Waals surface area contributed by atoms with Gasteiger partial charge in [0.25, 0.3) is 0 Å². The molecule has 16 nitrogen and oxygen atoms in total. The van der Waals surface area contributed by atoms with Crippen LogP contribution in [0.25, 0.3) is 11.1 Å². The Morgan fingerprint density at radius 3 is 2.06 bits per heavy atom. The Labute approximate surface area is 285 Å². The number of hydrogen-bond acceptors (Lipinski definition) is 12. The highest BCUT2D eigenvalue weighted by Gasteiger charge is 2.32. The van der Waals surface area contributed by atoms with Gasteiger partial charge in [0.1, 0.15) is 29.6 Å². The summed E-state index contributed by atoms with van der Waals surface area (Å²) in [6.07, 6.45) is 0.0688. The maximum atomic E-state index is 13.9. The largest absolute Gasteiger partial charge is 0.508 e. The molecule has 4 bridgehead atoms. The first-order valence-corrected chi connectivity index (χ1v) is 16.5. The lowest BCUT2D eigenvalue weighted by atomic mass is 9.95. The number of fused-ring (bicyclic) bond motifs is 5. The second kappa shape index (κ2) is 19.0. The molecule has 3 rings (SSSR count). The van der Waals surface area contributed by atoms with E-state index in [1.165, 1.54) is 12.1 Å². The van der Waals surface area contributed by atoms with Crippen LogP contribution in [0, 0.1) is 0 Å². The van der Waals surface area contributed by atoms with Crippen molar-refractivity contribution in [1.82, 2.24) is 21.3 Å². The quantitative estimate of drug-likeness (QED) is 0.0965. The predicted molar refractivity (Wildman–Crippen MR) is 184 cm³/mol. The zero-order chi connectivity index (χ0) is 36.1. The fourth-order valence-corrected chi connectivity index (χ4v) is 5.47. The molecule has 0 aromatic heterocycles. The lowest BCUT2D eigenvalue weighted by Crippen LogP contribution is -2.59. The van der Waals surface area contributed by atoms with Gasteiger partial charge in [-0.15, -0.1) is 0 Å². The van der Waals surface area contributed by atoms with E-state index in [1.54, 1.807) is 24.3 Å². The van der Waals surface area contributed by atoms with E-state index in [1.807, 2.05) is 0 Å². The third-order valence-electron chi connectivity index (χ3n) is 8.39. The minimum Gasteiger partial charge on any atom is -0.508 e. The molecule has 0 fully saturated rings. The maximum absolute atomic E-state index is 13.9. The highest BCUT2D eigenvalue weighted by atomic mass is 16.3. The molecule has 1 heterocycles. The Kier molecular flexibility index (Phi) is 15.2. The fourth-order valence-electron chi connectivity index (χ4n) is 5.47. The van der Waals surface area contributed by atoms with Crippen molar-refractivity contribution in [3.8, 4) is 22.6 Å². The van der Waals surface area contributed by atoms with Gasteiger partial charge < -0.3 is 65.3 Å². The molecule has 2 aromatic rings. The molecule has 1 aliphatic rings. The van der Waals surface area contributed by atoms with E-state index in [9.17, 15) is 34.5 Å². The van der Waals surface area contributed by atoms with Gasteiger partial charge in [-0.05, 0) is 85.3 Å². The van der Waals surface area contributed by atoms with Gasteiger partial charge in [0.05, 0.1) is 12.1 Å². The number of benzene rings is 2. The van der Waals surface area contributed by atoms with Crippen molar-refractivity contribution in [3.05, 3.63) is 47.5 Å². The van der Waals surface area contributed by atoms with Crippen LogP contribution in [0.3, 0.4) is 0 Å². The van der Waals surface area contributed by atoms with Gasteiger partial charge in [-0.25, -0.2) is 0 Å². The van der Waals surface area contributed by atoms with E-state index in [2.05, 4.69) is 21.3 Å². The van der Waals surface area contributed by atoms with Gasteiger partial charge in [-0.2, -0.15) is 0 Å². The molecule has 49 heavy (non-hydrogen) atoms. The molecule has 2 aromatic carbocycles. The van der Waals surface area contributed by atoms with E-state index in [4.69, 9.17) is 28.7 Å². The van der Waals surface area contributed by atoms with Crippen molar-refractivity contribution >= 4 is 23.6 Å². The smallest absolute Gasteiger partial charge is 0.243 e. The predicted octanol–water partition coefficient (Wildman–Crippen LogP) is -2.72. The van der Waals surface area contributed by atoms with Gasteiger partial charge in [-0.1, -0.05) is 12.1 Å².